The highest BCUT2D eigenvalue weighted by Gasteiger charge is 2.51. The first-order valence-corrected chi connectivity index (χ1v) is 6.57. The monoisotopic (exact) mass is 298 g/mol. The van der Waals surface area contributed by atoms with Crippen LogP contribution in [0.15, 0.2) is 17.4 Å². The molecule has 5 atom stereocenters. The van der Waals surface area contributed by atoms with Gasteiger partial charge >= 0.3 is 0 Å². The van der Waals surface area contributed by atoms with Gasteiger partial charge in [0.25, 0.3) is 5.56 Å². The number of alkyl halides is 1. The van der Waals surface area contributed by atoms with Crippen LogP contribution in [0.5, 0.6) is 0 Å². The van der Waals surface area contributed by atoms with E-state index in [-0.39, 0.29) is 24.2 Å². The van der Waals surface area contributed by atoms with Gasteiger partial charge in [0.15, 0.2) is 11.2 Å². The van der Waals surface area contributed by atoms with E-state index in [1.54, 1.807) is 0 Å². The van der Waals surface area contributed by atoms with Gasteiger partial charge in [0.2, 0.25) is 0 Å². The summed E-state index contributed by atoms with van der Waals surface area (Å²) in [6.07, 6.45) is -1.82. The molecule has 1 fully saturated rings. The van der Waals surface area contributed by atoms with Gasteiger partial charge in [-0.3, -0.25) is 4.79 Å². The van der Waals surface area contributed by atoms with Crippen molar-refractivity contribution in [2.24, 2.45) is 5.92 Å². The van der Waals surface area contributed by atoms with Crippen molar-refractivity contribution in [2.75, 3.05) is 6.61 Å². The second kappa shape index (κ2) is 5.17. The Hall–Kier alpha value is -1.84. The highest BCUT2D eigenvalue weighted by atomic mass is 19.1. The van der Waals surface area contributed by atoms with Crippen molar-refractivity contribution in [3.63, 3.8) is 0 Å². The molecule has 3 rings (SSSR count). The van der Waals surface area contributed by atoms with Crippen LogP contribution in [0, 0.1) is 5.92 Å². The number of fused-ring (bicyclic) bond motifs is 1. The average molecular weight is 298 g/mol. The molecule has 0 saturated heterocycles. The second-order valence-corrected chi connectivity index (χ2v) is 5.15. The first-order valence-electron chi connectivity index (χ1n) is 6.57. The fourth-order valence-electron chi connectivity index (χ4n) is 2.96. The summed E-state index contributed by atoms with van der Waals surface area (Å²) in [6, 6.07) is -1.10. The van der Waals surface area contributed by atoms with Crippen LogP contribution in [0.3, 0.4) is 0 Å². The summed E-state index contributed by atoms with van der Waals surface area (Å²) in [5.41, 5.74) is -0.284. The van der Waals surface area contributed by atoms with E-state index in [1.165, 1.54) is 17.2 Å². The maximum atomic E-state index is 14.5. The molecule has 0 bridgehead atoms. The molecule has 21 heavy (non-hydrogen) atoms. The number of aromatic amines is 1. The lowest BCUT2D eigenvalue weighted by molar-refractivity contribution is 0.00238. The van der Waals surface area contributed by atoms with Gasteiger partial charge < -0.3 is 24.9 Å². The predicted molar refractivity (Wildman–Crippen MR) is 69.3 cm³/mol. The zero-order valence-corrected chi connectivity index (χ0v) is 10.9. The highest BCUT2D eigenvalue weighted by Crippen LogP contribution is 2.40. The summed E-state index contributed by atoms with van der Waals surface area (Å²) in [6.45, 7) is -0.288. The van der Waals surface area contributed by atoms with Gasteiger partial charge in [-0.25, -0.2) is 14.4 Å². The number of H-pyrrole nitrogens is 1. The molecule has 0 spiro atoms. The lowest BCUT2D eigenvalue weighted by Crippen LogP contribution is -2.29. The first kappa shape index (κ1) is 14.1. The van der Waals surface area contributed by atoms with Crippen molar-refractivity contribution in [1.29, 1.82) is 0 Å². The normalized spacial score (nSPS) is 32.9. The maximum Gasteiger partial charge on any atom is 0.278 e. The van der Waals surface area contributed by atoms with Crippen LogP contribution in [-0.2, 0) is 0 Å². The van der Waals surface area contributed by atoms with E-state index in [1.807, 2.05) is 0 Å². The average Bonchev–Trinajstić information content (AvgIpc) is 2.96. The lowest BCUT2D eigenvalue weighted by atomic mass is 10.0. The molecule has 0 aliphatic heterocycles. The van der Waals surface area contributed by atoms with Crippen molar-refractivity contribution in [1.82, 2.24) is 19.5 Å². The minimum atomic E-state index is -1.58. The number of nitrogens with one attached hydrogen (secondary N) is 1. The van der Waals surface area contributed by atoms with E-state index in [0.29, 0.717) is 0 Å². The molecule has 1 saturated carbocycles. The van der Waals surface area contributed by atoms with Crippen molar-refractivity contribution in [2.45, 2.75) is 30.8 Å². The number of imidazole rings is 1. The van der Waals surface area contributed by atoms with Gasteiger partial charge in [-0.2, -0.15) is 0 Å². The molecule has 0 unspecified atom stereocenters. The van der Waals surface area contributed by atoms with Gasteiger partial charge in [0.05, 0.1) is 24.8 Å². The zero-order valence-electron chi connectivity index (χ0n) is 10.9. The summed E-state index contributed by atoms with van der Waals surface area (Å²) < 4.78 is 15.8. The Bertz CT molecular complexity index is 702. The Morgan fingerprint density at radius 1 is 1.33 bits per heavy atom. The molecule has 2 aromatic rings. The van der Waals surface area contributed by atoms with Crippen LogP contribution < -0.4 is 5.56 Å². The molecular formula is C12H15FN4O4. The van der Waals surface area contributed by atoms with E-state index in [9.17, 15) is 19.4 Å². The number of rotatable bonds is 3. The lowest BCUT2D eigenvalue weighted by Gasteiger charge is -2.19. The number of aliphatic hydroxyl groups excluding tert-OH is 3. The fourth-order valence-corrected chi connectivity index (χ4v) is 2.96. The van der Waals surface area contributed by atoms with Crippen LogP contribution in [-0.4, -0.2) is 59.8 Å². The molecule has 0 radical (unpaired) electrons. The number of halogens is 1. The summed E-state index contributed by atoms with van der Waals surface area (Å²) in [5, 5.41) is 29.0. The van der Waals surface area contributed by atoms with Crippen molar-refractivity contribution < 1.29 is 19.7 Å². The van der Waals surface area contributed by atoms with Gasteiger partial charge in [-0.1, -0.05) is 0 Å². The quantitative estimate of drug-likeness (QED) is 0.560. The second-order valence-electron chi connectivity index (χ2n) is 5.15. The van der Waals surface area contributed by atoms with Gasteiger partial charge in [0.1, 0.15) is 12.3 Å². The largest absolute Gasteiger partial charge is 0.396 e. The van der Waals surface area contributed by atoms with Crippen LogP contribution >= 0.6 is 0 Å². The summed E-state index contributed by atoms with van der Waals surface area (Å²) in [5.74, 6) is -0.880. The molecule has 114 valence electrons. The molecule has 9 heteroatoms. The third kappa shape index (κ3) is 2.04. The summed E-state index contributed by atoms with van der Waals surface area (Å²) in [4.78, 5) is 21.8. The molecule has 1 aliphatic rings. The summed E-state index contributed by atoms with van der Waals surface area (Å²) in [7, 11) is 0. The van der Waals surface area contributed by atoms with E-state index in [0.717, 1.165) is 0 Å². The Labute approximate surface area is 117 Å². The minimum absolute atomic E-state index is 0.0382. The Morgan fingerprint density at radius 3 is 2.81 bits per heavy atom. The van der Waals surface area contributed by atoms with Crippen LogP contribution in [0.25, 0.3) is 11.2 Å². The van der Waals surface area contributed by atoms with E-state index < -0.39 is 35.9 Å². The molecule has 2 aromatic heterocycles. The number of aromatic nitrogens is 4. The van der Waals surface area contributed by atoms with Gasteiger partial charge in [0, 0.05) is 12.5 Å². The van der Waals surface area contributed by atoms with Crippen LogP contribution in [0.1, 0.15) is 12.5 Å². The molecule has 1 aliphatic carbocycles. The Kier molecular flexibility index (Phi) is 3.47. The topological polar surface area (TPSA) is 124 Å². The van der Waals surface area contributed by atoms with Crippen LogP contribution in [0.2, 0.25) is 0 Å². The Morgan fingerprint density at radius 2 is 2.10 bits per heavy atom. The number of nitrogens with zero attached hydrogens (tertiary/aromatic N) is 3. The van der Waals surface area contributed by atoms with Crippen molar-refractivity contribution in [3.8, 4) is 0 Å². The van der Waals surface area contributed by atoms with Gasteiger partial charge in [-0.15, -0.1) is 0 Å². The third-order valence-corrected chi connectivity index (χ3v) is 4.02. The SMILES string of the molecule is O=c1[nH]cnc2c1ncn2[C@H]1[C@H](O)[C@H](O)[C@@H](CCO)[C@H]1F. The first-order chi connectivity index (χ1) is 10.1. The maximum absolute atomic E-state index is 14.5. The molecule has 2 heterocycles. The predicted octanol–water partition coefficient (Wildman–Crippen LogP) is -1.27. The molecular weight excluding hydrogens is 283 g/mol. The van der Waals surface area contributed by atoms with Crippen molar-refractivity contribution in [3.05, 3.63) is 23.0 Å². The smallest absolute Gasteiger partial charge is 0.278 e. The van der Waals surface area contributed by atoms with Crippen LogP contribution in [0.4, 0.5) is 4.39 Å². The standard InChI is InChI=1S/C12H15FN4O4/c13-6-5(1-2-18)9(19)10(20)8(6)17-4-16-7-11(17)14-3-15-12(7)21/h3-6,8-10,18-20H,1-2H2,(H,14,15,21)/t5-,6+,8+,9+,10-/m0/s1. The fraction of sp³-hybridized carbons (Fsp3) is 0.583. The zero-order chi connectivity index (χ0) is 15.1. The van der Waals surface area contributed by atoms with Crippen molar-refractivity contribution >= 4 is 11.2 Å². The number of hydrogen-bond acceptors (Lipinski definition) is 6. The number of hydrogen-bond donors (Lipinski definition) is 4. The van der Waals surface area contributed by atoms with E-state index >= 15 is 0 Å². The Balaban J connectivity index is 2.06. The number of aliphatic hydroxyl groups is 3. The molecule has 4 N–H and O–H groups in total. The molecule has 0 amide bonds. The van der Waals surface area contributed by atoms with E-state index in [2.05, 4.69) is 15.0 Å². The summed E-state index contributed by atoms with van der Waals surface area (Å²) >= 11 is 0. The molecule has 0 aromatic carbocycles. The highest BCUT2D eigenvalue weighted by molar-refractivity contribution is 5.69. The van der Waals surface area contributed by atoms with Gasteiger partial charge in [-0.05, 0) is 6.42 Å². The minimum Gasteiger partial charge on any atom is -0.396 e. The van der Waals surface area contributed by atoms with E-state index in [4.69, 9.17) is 5.11 Å². The molecule has 8 nitrogen and oxygen atoms in total. The third-order valence-electron chi connectivity index (χ3n) is 4.02.